The number of rotatable bonds is 6. The summed E-state index contributed by atoms with van der Waals surface area (Å²) in [6.45, 7) is 5.22. The molecule has 0 radical (unpaired) electrons. The number of ether oxygens (including phenoxy) is 3. The minimum Gasteiger partial charge on any atom is -0.497 e. The second-order valence-electron chi connectivity index (χ2n) is 13.5. The SMILES string of the molecule is COc1ccc2c(O[C@@H]3C[C@H]4C(=O)N[C@]5(C(=O)O)C[C@H]5/C=C/CC[C@H](NC(=O)OC(C)(C)C)C(=O)N4C3)cc(-c3ccccc3)nc2c1. The number of carboxylic acids is 1. The predicted octanol–water partition coefficient (Wildman–Crippen LogP) is 4.46. The van der Waals surface area contributed by atoms with Crippen molar-refractivity contribution in [2.45, 2.75) is 75.8 Å². The average Bonchev–Trinajstić information content (AvgIpc) is 3.58. The van der Waals surface area contributed by atoms with Crippen LogP contribution >= 0.6 is 0 Å². The highest BCUT2D eigenvalue weighted by molar-refractivity contribution is 5.96. The number of pyridine rings is 1. The third kappa shape index (κ3) is 6.78. The van der Waals surface area contributed by atoms with Gasteiger partial charge in [-0.05, 0) is 52.2 Å². The summed E-state index contributed by atoms with van der Waals surface area (Å²) in [5.41, 5.74) is -0.0285. The van der Waals surface area contributed by atoms with E-state index in [9.17, 15) is 24.3 Å². The fourth-order valence-corrected chi connectivity index (χ4v) is 6.41. The predicted molar refractivity (Wildman–Crippen MR) is 176 cm³/mol. The van der Waals surface area contributed by atoms with Crippen molar-refractivity contribution >= 4 is 34.8 Å². The van der Waals surface area contributed by atoms with Crippen molar-refractivity contribution in [1.82, 2.24) is 20.5 Å². The molecule has 1 aliphatic carbocycles. The van der Waals surface area contributed by atoms with Gasteiger partial charge in [0, 0.05) is 35.4 Å². The van der Waals surface area contributed by atoms with Gasteiger partial charge in [0.2, 0.25) is 11.8 Å². The highest BCUT2D eigenvalue weighted by Crippen LogP contribution is 2.45. The number of alkyl carbamates (subject to hydrolysis) is 1. The summed E-state index contributed by atoms with van der Waals surface area (Å²) >= 11 is 0. The van der Waals surface area contributed by atoms with E-state index in [0.29, 0.717) is 34.5 Å². The van der Waals surface area contributed by atoms with Crippen LogP contribution in [0.5, 0.6) is 11.5 Å². The summed E-state index contributed by atoms with van der Waals surface area (Å²) in [4.78, 5) is 59.4. The molecule has 2 fully saturated rings. The molecule has 0 bridgehead atoms. The number of amides is 3. The van der Waals surface area contributed by atoms with E-state index < -0.39 is 53.2 Å². The first-order valence-corrected chi connectivity index (χ1v) is 16.1. The minimum atomic E-state index is -1.43. The Morgan fingerprint density at radius 2 is 1.88 bits per heavy atom. The smallest absolute Gasteiger partial charge is 0.408 e. The van der Waals surface area contributed by atoms with Crippen molar-refractivity contribution in [2.24, 2.45) is 5.92 Å². The third-order valence-corrected chi connectivity index (χ3v) is 8.91. The highest BCUT2D eigenvalue weighted by atomic mass is 16.6. The number of hydrogen-bond donors (Lipinski definition) is 3. The first-order chi connectivity index (χ1) is 22.9. The number of aliphatic carboxylic acids is 1. The topological polar surface area (TPSA) is 156 Å². The van der Waals surface area contributed by atoms with Crippen LogP contribution in [0.25, 0.3) is 22.2 Å². The molecule has 3 amide bonds. The minimum absolute atomic E-state index is 0.0311. The zero-order valence-electron chi connectivity index (χ0n) is 27.4. The van der Waals surface area contributed by atoms with Crippen LogP contribution in [0.2, 0.25) is 0 Å². The summed E-state index contributed by atoms with van der Waals surface area (Å²) in [6.07, 6.45) is 3.16. The second-order valence-corrected chi connectivity index (χ2v) is 13.5. The number of aromatic nitrogens is 1. The summed E-state index contributed by atoms with van der Waals surface area (Å²) in [6, 6.07) is 14.9. The molecule has 6 rings (SSSR count). The van der Waals surface area contributed by atoms with Gasteiger partial charge in [0.05, 0.1) is 24.9 Å². The number of allylic oxidation sites excluding steroid dienone is 1. The molecule has 5 atom stereocenters. The summed E-state index contributed by atoms with van der Waals surface area (Å²) < 4.78 is 17.5. The lowest BCUT2D eigenvalue weighted by molar-refractivity contribution is -0.145. The number of nitrogens with zero attached hydrogens (tertiary/aromatic N) is 2. The van der Waals surface area contributed by atoms with Gasteiger partial charge < -0.3 is 34.9 Å². The van der Waals surface area contributed by atoms with Gasteiger partial charge in [-0.15, -0.1) is 0 Å². The number of carbonyl (C=O) groups is 4. The molecule has 3 heterocycles. The molecule has 2 aliphatic heterocycles. The van der Waals surface area contributed by atoms with E-state index in [2.05, 4.69) is 10.6 Å². The van der Waals surface area contributed by atoms with Crippen LogP contribution in [0, 0.1) is 5.92 Å². The first kappa shape index (κ1) is 32.8. The number of fused-ring (bicyclic) bond motifs is 3. The molecule has 0 spiro atoms. The number of methoxy groups -OCH3 is 1. The number of carboxylic acid groups (broad SMARTS) is 1. The summed E-state index contributed by atoms with van der Waals surface area (Å²) in [5, 5.41) is 16.2. The lowest BCUT2D eigenvalue weighted by Gasteiger charge is -2.30. The van der Waals surface area contributed by atoms with Gasteiger partial charge in [0.1, 0.15) is 40.8 Å². The largest absolute Gasteiger partial charge is 0.497 e. The van der Waals surface area contributed by atoms with Crippen LogP contribution in [0.4, 0.5) is 4.79 Å². The molecule has 12 heteroatoms. The van der Waals surface area contributed by atoms with Gasteiger partial charge in [-0.1, -0.05) is 42.5 Å². The molecule has 3 aliphatic rings. The molecule has 12 nitrogen and oxygen atoms in total. The number of nitrogens with one attached hydrogen (secondary N) is 2. The summed E-state index contributed by atoms with van der Waals surface area (Å²) in [5.74, 6) is -1.44. The van der Waals surface area contributed by atoms with E-state index in [4.69, 9.17) is 19.2 Å². The van der Waals surface area contributed by atoms with E-state index in [0.717, 1.165) is 5.56 Å². The van der Waals surface area contributed by atoms with Crippen molar-refractivity contribution in [2.75, 3.05) is 13.7 Å². The average molecular weight is 657 g/mol. The van der Waals surface area contributed by atoms with Crippen molar-refractivity contribution in [3.63, 3.8) is 0 Å². The fraction of sp³-hybridized carbons (Fsp3) is 0.417. The Hall–Kier alpha value is -5.13. The van der Waals surface area contributed by atoms with Gasteiger partial charge in [-0.3, -0.25) is 9.59 Å². The second kappa shape index (κ2) is 12.8. The van der Waals surface area contributed by atoms with E-state index in [1.807, 2.05) is 48.5 Å². The Kier molecular flexibility index (Phi) is 8.76. The fourth-order valence-electron chi connectivity index (χ4n) is 6.41. The van der Waals surface area contributed by atoms with Crippen LogP contribution in [0.15, 0.2) is 66.7 Å². The number of benzene rings is 2. The molecule has 252 valence electrons. The van der Waals surface area contributed by atoms with Gasteiger partial charge in [0.25, 0.3) is 0 Å². The van der Waals surface area contributed by atoms with Crippen molar-refractivity contribution < 1.29 is 38.5 Å². The van der Waals surface area contributed by atoms with Crippen molar-refractivity contribution in [1.29, 1.82) is 0 Å². The molecular formula is C36H40N4O8. The maximum Gasteiger partial charge on any atom is 0.408 e. The zero-order valence-corrected chi connectivity index (χ0v) is 27.4. The Morgan fingerprint density at radius 3 is 2.58 bits per heavy atom. The van der Waals surface area contributed by atoms with E-state index in [-0.39, 0.29) is 31.7 Å². The van der Waals surface area contributed by atoms with E-state index in [1.54, 1.807) is 46.1 Å². The van der Waals surface area contributed by atoms with Gasteiger partial charge in [-0.2, -0.15) is 0 Å². The first-order valence-electron chi connectivity index (χ1n) is 16.1. The van der Waals surface area contributed by atoms with Crippen molar-refractivity contribution in [3.8, 4) is 22.8 Å². The molecular weight excluding hydrogens is 616 g/mol. The zero-order chi connectivity index (χ0) is 34.2. The van der Waals surface area contributed by atoms with Crippen LogP contribution in [0.3, 0.4) is 0 Å². The molecule has 3 N–H and O–H groups in total. The Morgan fingerprint density at radius 1 is 1.10 bits per heavy atom. The van der Waals surface area contributed by atoms with Crippen molar-refractivity contribution in [3.05, 3.63) is 66.7 Å². The molecule has 1 saturated carbocycles. The molecule has 0 unspecified atom stereocenters. The Balaban J connectivity index is 1.34. The Bertz CT molecular complexity index is 1770. The Labute approximate surface area is 278 Å². The third-order valence-electron chi connectivity index (χ3n) is 8.91. The molecule has 2 aromatic carbocycles. The lowest BCUT2D eigenvalue weighted by Crippen LogP contribution is -2.56. The molecule has 48 heavy (non-hydrogen) atoms. The number of hydrogen-bond acceptors (Lipinski definition) is 8. The highest BCUT2D eigenvalue weighted by Gasteiger charge is 2.61. The van der Waals surface area contributed by atoms with Crippen LogP contribution in [-0.4, -0.2) is 81.8 Å². The standard InChI is InChI=1S/C36H40N4O8/c1-35(2,3)48-34(45)38-26-13-9-8-12-22-19-36(22,33(43)44)39-31(41)29-17-24(20-40(29)32(26)42)47-30-18-27(21-10-6-5-7-11-21)37-28-16-23(46-4)14-15-25(28)30/h5-8,10-12,14-16,18,22,24,26,29H,9,13,17,19-20H2,1-4H3,(H,38,45)(H,39,41)(H,43,44)/b12-8+/t22-,24-,26+,29+,36-/m1/s1. The maximum absolute atomic E-state index is 14.2. The quantitative estimate of drug-likeness (QED) is 0.326. The van der Waals surface area contributed by atoms with Gasteiger partial charge in [-0.25, -0.2) is 14.6 Å². The maximum atomic E-state index is 14.2. The normalized spacial score (nSPS) is 26.2. The van der Waals surface area contributed by atoms with Gasteiger partial charge in [0.15, 0.2) is 0 Å². The van der Waals surface area contributed by atoms with Gasteiger partial charge >= 0.3 is 12.1 Å². The van der Waals surface area contributed by atoms with Crippen LogP contribution in [0.1, 0.15) is 46.5 Å². The summed E-state index contributed by atoms with van der Waals surface area (Å²) in [7, 11) is 1.58. The monoisotopic (exact) mass is 656 g/mol. The van der Waals surface area contributed by atoms with E-state index in [1.165, 1.54) is 4.90 Å². The lowest BCUT2D eigenvalue weighted by atomic mass is 10.1. The molecule has 1 aromatic heterocycles. The van der Waals surface area contributed by atoms with Crippen LogP contribution in [-0.2, 0) is 19.1 Å². The molecule has 1 saturated heterocycles. The number of carbonyl (C=O) groups excluding carboxylic acids is 3. The molecule has 3 aromatic rings. The van der Waals surface area contributed by atoms with Crippen LogP contribution < -0.4 is 20.1 Å². The van der Waals surface area contributed by atoms with E-state index >= 15 is 0 Å².